The van der Waals surface area contributed by atoms with Crippen LogP contribution in [0.2, 0.25) is 0 Å². The molecule has 17 heavy (non-hydrogen) atoms. The second-order valence-corrected chi connectivity index (χ2v) is 6.26. The summed E-state index contributed by atoms with van der Waals surface area (Å²) in [6, 6.07) is 0. The first-order valence-corrected chi connectivity index (χ1v) is 6.88. The Labute approximate surface area is 108 Å². The summed E-state index contributed by atoms with van der Waals surface area (Å²) < 4.78 is 5.02. The van der Waals surface area contributed by atoms with E-state index in [4.69, 9.17) is 4.74 Å². The summed E-state index contributed by atoms with van der Waals surface area (Å²) in [6.45, 7) is 8.26. The Kier molecular flexibility index (Phi) is 6.02. The average molecular weight is 257 g/mol. The number of ether oxygens (including phenoxy) is 1. The minimum atomic E-state index is 0.173. The summed E-state index contributed by atoms with van der Waals surface area (Å²) >= 11 is 1.72. The van der Waals surface area contributed by atoms with Crippen LogP contribution < -0.4 is 5.32 Å². The van der Waals surface area contributed by atoms with Gasteiger partial charge < -0.3 is 10.1 Å². The number of aromatic nitrogens is 2. The third kappa shape index (κ3) is 6.71. The first-order valence-electron chi connectivity index (χ1n) is 6.06. The number of nitrogens with one attached hydrogen (secondary N) is 1. The highest BCUT2D eigenvalue weighted by Crippen LogP contribution is 2.12. The fraction of sp³-hybridized carbons (Fsp3) is 0.833. The lowest BCUT2D eigenvalue weighted by Gasteiger charge is -2.19. The predicted octanol–water partition coefficient (Wildman–Crippen LogP) is 2.05. The van der Waals surface area contributed by atoms with Gasteiger partial charge in [0.25, 0.3) is 0 Å². The van der Waals surface area contributed by atoms with Gasteiger partial charge in [-0.25, -0.2) is 0 Å². The van der Waals surface area contributed by atoms with Gasteiger partial charge in [0.15, 0.2) is 0 Å². The molecule has 98 valence electrons. The molecule has 0 bridgehead atoms. The third-order valence-corrected chi connectivity index (χ3v) is 3.28. The molecule has 0 aliphatic heterocycles. The molecule has 0 spiro atoms. The van der Waals surface area contributed by atoms with E-state index in [-0.39, 0.29) is 5.54 Å². The lowest BCUT2D eigenvalue weighted by molar-refractivity contribution is 0.195. The second-order valence-electron chi connectivity index (χ2n) is 5.11. The molecule has 0 atom stereocenters. The van der Waals surface area contributed by atoms with E-state index in [0.717, 1.165) is 42.4 Å². The number of aryl methyl sites for hydroxylation is 1. The SMILES string of the molecule is COCCCc1nnc(CCNC(C)(C)C)s1. The van der Waals surface area contributed by atoms with E-state index in [1.54, 1.807) is 18.4 Å². The van der Waals surface area contributed by atoms with Gasteiger partial charge in [-0.05, 0) is 27.2 Å². The molecular weight excluding hydrogens is 234 g/mol. The fourth-order valence-electron chi connectivity index (χ4n) is 1.40. The Hall–Kier alpha value is -0.520. The molecule has 1 heterocycles. The lowest BCUT2D eigenvalue weighted by Crippen LogP contribution is -2.37. The number of rotatable bonds is 7. The average Bonchev–Trinajstić information content (AvgIpc) is 2.64. The van der Waals surface area contributed by atoms with E-state index in [1.807, 2.05) is 0 Å². The van der Waals surface area contributed by atoms with E-state index < -0.39 is 0 Å². The standard InChI is InChI=1S/C12H23N3OS/c1-12(2,3)13-8-7-11-15-14-10(17-11)6-5-9-16-4/h13H,5-9H2,1-4H3. The van der Waals surface area contributed by atoms with Crippen LogP contribution >= 0.6 is 11.3 Å². The van der Waals surface area contributed by atoms with Gasteiger partial charge >= 0.3 is 0 Å². The van der Waals surface area contributed by atoms with Crippen molar-refractivity contribution in [3.63, 3.8) is 0 Å². The van der Waals surface area contributed by atoms with Crippen molar-refractivity contribution in [2.24, 2.45) is 0 Å². The Morgan fingerprint density at radius 2 is 1.82 bits per heavy atom. The van der Waals surface area contributed by atoms with E-state index in [9.17, 15) is 0 Å². The molecule has 0 fully saturated rings. The monoisotopic (exact) mass is 257 g/mol. The molecule has 0 unspecified atom stereocenters. The summed E-state index contributed by atoms with van der Waals surface area (Å²) in [5.41, 5.74) is 0.173. The van der Waals surface area contributed by atoms with Gasteiger partial charge in [-0.15, -0.1) is 21.5 Å². The smallest absolute Gasteiger partial charge is 0.118 e. The largest absolute Gasteiger partial charge is 0.385 e. The maximum Gasteiger partial charge on any atom is 0.118 e. The maximum atomic E-state index is 5.02. The van der Waals surface area contributed by atoms with E-state index in [2.05, 4.69) is 36.3 Å². The van der Waals surface area contributed by atoms with E-state index >= 15 is 0 Å². The topological polar surface area (TPSA) is 47.0 Å². The molecule has 0 saturated heterocycles. The van der Waals surface area contributed by atoms with Gasteiger partial charge in [0.1, 0.15) is 10.0 Å². The van der Waals surface area contributed by atoms with Gasteiger partial charge in [-0.1, -0.05) is 0 Å². The molecule has 0 aliphatic rings. The highest BCUT2D eigenvalue weighted by atomic mass is 32.1. The van der Waals surface area contributed by atoms with Crippen molar-refractivity contribution >= 4 is 11.3 Å². The van der Waals surface area contributed by atoms with Crippen molar-refractivity contribution in [2.45, 2.75) is 45.6 Å². The molecule has 0 aliphatic carbocycles. The summed E-state index contributed by atoms with van der Waals surface area (Å²) in [4.78, 5) is 0. The first kappa shape index (κ1) is 14.5. The van der Waals surface area contributed by atoms with Crippen molar-refractivity contribution in [2.75, 3.05) is 20.3 Å². The molecule has 0 amide bonds. The van der Waals surface area contributed by atoms with Crippen LogP contribution in [0.25, 0.3) is 0 Å². The number of nitrogens with zero attached hydrogens (tertiary/aromatic N) is 2. The van der Waals surface area contributed by atoms with Crippen molar-refractivity contribution < 1.29 is 4.74 Å². The molecule has 0 saturated carbocycles. The van der Waals surface area contributed by atoms with Crippen molar-refractivity contribution in [3.05, 3.63) is 10.0 Å². The minimum absolute atomic E-state index is 0.173. The Balaban J connectivity index is 2.26. The highest BCUT2D eigenvalue weighted by Gasteiger charge is 2.09. The lowest BCUT2D eigenvalue weighted by atomic mass is 10.1. The van der Waals surface area contributed by atoms with Crippen molar-refractivity contribution in [3.8, 4) is 0 Å². The van der Waals surface area contributed by atoms with Crippen LogP contribution in [0.3, 0.4) is 0 Å². The summed E-state index contributed by atoms with van der Waals surface area (Å²) in [5, 5.41) is 14.1. The Morgan fingerprint density at radius 1 is 1.18 bits per heavy atom. The molecule has 4 nitrogen and oxygen atoms in total. The third-order valence-electron chi connectivity index (χ3n) is 2.24. The zero-order chi connectivity index (χ0) is 12.7. The summed E-state index contributed by atoms with van der Waals surface area (Å²) in [6.07, 6.45) is 2.95. The van der Waals surface area contributed by atoms with Crippen molar-refractivity contribution in [1.29, 1.82) is 0 Å². The van der Waals surface area contributed by atoms with Gasteiger partial charge in [-0.2, -0.15) is 0 Å². The van der Waals surface area contributed by atoms with Gasteiger partial charge in [0.05, 0.1) is 0 Å². The molecule has 0 radical (unpaired) electrons. The van der Waals surface area contributed by atoms with Crippen molar-refractivity contribution in [1.82, 2.24) is 15.5 Å². The molecule has 1 aromatic heterocycles. The number of hydrogen-bond donors (Lipinski definition) is 1. The molecular formula is C12H23N3OS. The first-order chi connectivity index (χ1) is 8.01. The second kappa shape index (κ2) is 7.03. The molecule has 0 aromatic carbocycles. The molecule has 1 rings (SSSR count). The number of hydrogen-bond acceptors (Lipinski definition) is 5. The van der Waals surface area contributed by atoms with Crippen LogP contribution in [0.15, 0.2) is 0 Å². The zero-order valence-corrected chi connectivity index (χ0v) is 12.1. The Bertz CT molecular complexity index is 320. The van der Waals surface area contributed by atoms with Gasteiger partial charge in [0, 0.05) is 38.6 Å². The highest BCUT2D eigenvalue weighted by molar-refractivity contribution is 7.11. The summed E-state index contributed by atoms with van der Waals surface area (Å²) in [5.74, 6) is 0. The van der Waals surface area contributed by atoms with Crippen LogP contribution in [-0.2, 0) is 17.6 Å². The van der Waals surface area contributed by atoms with E-state index in [0.29, 0.717) is 0 Å². The van der Waals surface area contributed by atoms with Crippen LogP contribution in [-0.4, -0.2) is 36.0 Å². The molecule has 5 heteroatoms. The minimum Gasteiger partial charge on any atom is -0.385 e. The zero-order valence-electron chi connectivity index (χ0n) is 11.2. The Morgan fingerprint density at radius 3 is 2.41 bits per heavy atom. The van der Waals surface area contributed by atoms with E-state index in [1.165, 1.54) is 0 Å². The van der Waals surface area contributed by atoms with Gasteiger partial charge in [-0.3, -0.25) is 0 Å². The van der Waals surface area contributed by atoms with Crippen LogP contribution in [0.5, 0.6) is 0 Å². The van der Waals surface area contributed by atoms with Crippen LogP contribution in [0.4, 0.5) is 0 Å². The van der Waals surface area contributed by atoms with Crippen LogP contribution in [0, 0.1) is 0 Å². The fourth-order valence-corrected chi connectivity index (χ4v) is 2.29. The maximum absolute atomic E-state index is 5.02. The quantitative estimate of drug-likeness (QED) is 0.759. The normalized spacial score (nSPS) is 12.0. The van der Waals surface area contributed by atoms with Crippen LogP contribution in [0.1, 0.15) is 37.2 Å². The number of methoxy groups -OCH3 is 1. The van der Waals surface area contributed by atoms with Gasteiger partial charge in [0.2, 0.25) is 0 Å². The summed E-state index contributed by atoms with van der Waals surface area (Å²) in [7, 11) is 1.73. The molecule has 1 aromatic rings. The molecule has 1 N–H and O–H groups in total. The predicted molar refractivity (Wildman–Crippen MR) is 71.6 cm³/mol.